The van der Waals surface area contributed by atoms with Crippen molar-refractivity contribution in [1.82, 2.24) is 10.2 Å². The summed E-state index contributed by atoms with van der Waals surface area (Å²) in [5.41, 5.74) is 0.591. The lowest BCUT2D eigenvalue weighted by Gasteiger charge is -2.33. The van der Waals surface area contributed by atoms with Crippen LogP contribution in [-0.2, 0) is 26.2 Å². The van der Waals surface area contributed by atoms with E-state index >= 15 is 0 Å². The first-order valence-electron chi connectivity index (χ1n) is 11.5. The van der Waals surface area contributed by atoms with Gasteiger partial charge in [-0.25, -0.2) is 8.42 Å². The lowest BCUT2D eigenvalue weighted by Crippen LogP contribution is -2.54. The molecule has 0 saturated carbocycles. The number of non-ortho nitro benzene ring substituents is 1. The van der Waals surface area contributed by atoms with Crippen LogP contribution in [0.15, 0.2) is 42.5 Å². The molecule has 1 unspecified atom stereocenters. The number of benzene rings is 2. The quantitative estimate of drug-likeness (QED) is 0.365. The van der Waals surface area contributed by atoms with E-state index < -0.39 is 44.9 Å². The first-order chi connectivity index (χ1) is 17.0. The van der Waals surface area contributed by atoms with Crippen molar-refractivity contribution in [3.8, 4) is 5.75 Å². The predicted octanol–water partition coefficient (Wildman–Crippen LogP) is 3.01. The molecule has 37 heavy (non-hydrogen) atoms. The fourth-order valence-corrected chi connectivity index (χ4v) is 4.45. The molecule has 2 rings (SSSR count). The lowest BCUT2D eigenvalue weighted by atomic mass is 10.1. The number of carbonyl (C=O) groups excluding carboxylic acids is 2. The van der Waals surface area contributed by atoms with E-state index in [0.717, 1.165) is 27.8 Å². The predicted molar refractivity (Wildman–Crippen MR) is 141 cm³/mol. The summed E-state index contributed by atoms with van der Waals surface area (Å²) >= 11 is 0. The number of nitro groups is 1. The number of hydrogen-bond acceptors (Lipinski definition) is 7. The summed E-state index contributed by atoms with van der Waals surface area (Å²) in [7, 11) is -2.81. The molecule has 1 atom stereocenters. The monoisotopic (exact) mass is 534 g/mol. The van der Waals surface area contributed by atoms with Gasteiger partial charge in [0, 0.05) is 24.2 Å². The number of aryl methyl sites for hydroxylation is 1. The standard InChI is InChI=1S/C25H34N4O7S/c1-17-10-8-9-11-19(17)15-27(18(2)24(31)26-25(3,4)5)23(30)16-28(37(7,34)35)21-14-20(29(32)33)12-13-22(21)36-6/h8-14,18H,15-16H2,1-7H3,(H,26,31). The van der Waals surface area contributed by atoms with Gasteiger partial charge in [-0.15, -0.1) is 0 Å². The van der Waals surface area contributed by atoms with E-state index in [1.165, 1.54) is 24.1 Å². The normalized spacial score (nSPS) is 12.4. The van der Waals surface area contributed by atoms with Gasteiger partial charge in [-0.1, -0.05) is 24.3 Å². The van der Waals surface area contributed by atoms with Gasteiger partial charge in [0.15, 0.2) is 0 Å². The Labute approximate surface area is 217 Å². The summed E-state index contributed by atoms with van der Waals surface area (Å²) < 4.78 is 31.6. The van der Waals surface area contributed by atoms with Gasteiger partial charge in [-0.3, -0.25) is 24.0 Å². The van der Waals surface area contributed by atoms with Crippen molar-refractivity contribution in [2.45, 2.75) is 52.7 Å². The second-order valence-corrected chi connectivity index (χ2v) is 11.7. The first-order valence-corrected chi connectivity index (χ1v) is 13.4. The molecule has 0 heterocycles. The topological polar surface area (TPSA) is 139 Å². The molecule has 0 aliphatic carbocycles. The van der Waals surface area contributed by atoms with Crippen molar-refractivity contribution in [1.29, 1.82) is 0 Å². The molecule has 0 spiro atoms. The molecule has 2 aromatic carbocycles. The van der Waals surface area contributed by atoms with E-state index in [4.69, 9.17) is 4.74 Å². The van der Waals surface area contributed by atoms with Crippen LogP contribution in [0, 0.1) is 17.0 Å². The molecule has 0 fully saturated rings. The Morgan fingerprint density at radius 2 is 1.78 bits per heavy atom. The number of ether oxygens (including phenoxy) is 1. The molecule has 0 radical (unpaired) electrons. The second-order valence-electron chi connectivity index (χ2n) is 9.75. The van der Waals surface area contributed by atoms with Crippen molar-refractivity contribution < 1.29 is 27.7 Å². The Hall–Kier alpha value is -3.67. The molecule has 2 amide bonds. The van der Waals surface area contributed by atoms with Crippen LogP contribution < -0.4 is 14.4 Å². The second kappa shape index (κ2) is 11.6. The molecule has 0 aromatic heterocycles. The number of anilines is 1. The summed E-state index contributed by atoms with van der Waals surface area (Å²) in [6, 6.07) is 9.88. The van der Waals surface area contributed by atoms with Gasteiger partial charge in [-0.2, -0.15) is 0 Å². The highest BCUT2D eigenvalue weighted by Crippen LogP contribution is 2.34. The highest BCUT2D eigenvalue weighted by molar-refractivity contribution is 7.92. The summed E-state index contributed by atoms with van der Waals surface area (Å²) in [6.07, 6.45) is 0.889. The molecule has 0 bridgehead atoms. The SMILES string of the molecule is COc1ccc([N+](=O)[O-])cc1N(CC(=O)N(Cc1ccccc1C)C(C)C(=O)NC(C)(C)C)S(C)(=O)=O. The van der Waals surface area contributed by atoms with Crippen LogP contribution in [0.1, 0.15) is 38.8 Å². The number of nitrogens with one attached hydrogen (secondary N) is 1. The maximum absolute atomic E-state index is 13.7. The maximum atomic E-state index is 13.7. The molecule has 0 aliphatic heterocycles. The fourth-order valence-electron chi connectivity index (χ4n) is 3.61. The zero-order valence-corrected chi connectivity index (χ0v) is 23.0. The zero-order chi connectivity index (χ0) is 28.1. The van der Waals surface area contributed by atoms with Gasteiger partial charge < -0.3 is 15.0 Å². The third-order valence-electron chi connectivity index (χ3n) is 5.59. The maximum Gasteiger partial charge on any atom is 0.271 e. The first kappa shape index (κ1) is 29.6. The minimum atomic E-state index is -4.09. The molecule has 202 valence electrons. The highest BCUT2D eigenvalue weighted by atomic mass is 32.2. The van der Waals surface area contributed by atoms with E-state index in [1.54, 1.807) is 6.92 Å². The van der Waals surface area contributed by atoms with Gasteiger partial charge in [-0.05, 0) is 51.8 Å². The zero-order valence-electron chi connectivity index (χ0n) is 22.1. The van der Waals surface area contributed by atoms with Crippen molar-refractivity contribution in [2.24, 2.45) is 0 Å². The highest BCUT2D eigenvalue weighted by Gasteiger charge is 2.33. The Kier molecular flexibility index (Phi) is 9.26. The molecule has 11 nitrogen and oxygen atoms in total. The van der Waals surface area contributed by atoms with Gasteiger partial charge in [0.05, 0.1) is 18.3 Å². The number of nitrogens with zero attached hydrogens (tertiary/aromatic N) is 3. The van der Waals surface area contributed by atoms with Crippen LogP contribution in [0.3, 0.4) is 0 Å². The minimum Gasteiger partial charge on any atom is -0.495 e. The Bertz CT molecular complexity index is 1270. The third-order valence-corrected chi connectivity index (χ3v) is 6.72. The number of methoxy groups -OCH3 is 1. The molecule has 1 N–H and O–H groups in total. The van der Waals surface area contributed by atoms with E-state index in [2.05, 4.69) is 5.32 Å². The number of rotatable bonds is 10. The largest absolute Gasteiger partial charge is 0.495 e. The summed E-state index contributed by atoms with van der Waals surface area (Å²) in [5.74, 6) is -1.04. The molecule has 0 aliphatic rings. The van der Waals surface area contributed by atoms with Crippen LogP contribution in [0.25, 0.3) is 0 Å². The molecular formula is C25H34N4O7S. The van der Waals surface area contributed by atoms with Gasteiger partial charge >= 0.3 is 0 Å². The van der Waals surface area contributed by atoms with Crippen LogP contribution in [0.4, 0.5) is 11.4 Å². The fraction of sp³-hybridized carbons (Fsp3) is 0.440. The van der Waals surface area contributed by atoms with Crippen LogP contribution in [0.2, 0.25) is 0 Å². The van der Waals surface area contributed by atoms with Crippen molar-refractivity contribution >= 4 is 33.2 Å². The Balaban J connectivity index is 2.55. The van der Waals surface area contributed by atoms with Gasteiger partial charge in [0.25, 0.3) is 5.69 Å². The lowest BCUT2D eigenvalue weighted by molar-refractivity contribution is -0.384. The smallest absolute Gasteiger partial charge is 0.271 e. The van der Waals surface area contributed by atoms with Gasteiger partial charge in [0.2, 0.25) is 21.8 Å². The average molecular weight is 535 g/mol. The molecule has 2 aromatic rings. The minimum absolute atomic E-state index is 0.0350. The third kappa shape index (κ3) is 7.91. The summed E-state index contributed by atoms with van der Waals surface area (Å²) in [6.45, 7) is 8.22. The van der Waals surface area contributed by atoms with Crippen LogP contribution in [0.5, 0.6) is 5.75 Å². The number of amides is 2. The molecular weight excluding hydrogens is 500 g/mol. The van der Waals surface area contributed by atoms with E-state index in [0.29, 0.717) is 0 Å². The molecule has 12 heteroatoms. The summed E-state index contributed by atoms with van der Waals surface area (Å²) in [4.78, 5) is 38.7. The number of nitro benzene ring substituents is 1. The number of sulfonamides is 1. The average Bonchev–Trinajstić information content (AvgIpc) is 2.79. The van der Waals surface area contributed by atoms with E-state index in [9.17, 15) is 28.1 Å². The Morgan fingerprint density at radius 3 is 2.30 bits per heavy atom. The van der Waals surface area contributed by atoms with Crippen molar-refractivity contribution in [2.75, 3.05) is 24.2 Å². The number of hydrogen-bond donors (Lipinski definition) is 1. The van der Waals surface area contributed by atoms with Gasteiger partial charge in [0.1, 0.15) is 24.0 Å². The van der Waals surface area contributed by atoms with E-state index in [1.807, 2.05) is 52.0 Å². The van der Waals surface area contributed by atoms with Crippen LogP contribution in [-0.4, -0.2) is 61.5 Å². The van der Waals surface area contributed by atoms with E-state index in [-0.39, 0.29) is 23.7 Å². The van der Waals surface area contributed by atoms with Crippen LogP contribution >= 0.6 is 0 Å². The Morgan fingerprint density at radius 1 is 1.16 bits per heavy atom. The molecule has 0 saturated heterocycles. The van der Waals surface area contributed by atoms with Crippen molar-refractivity contribution in [3.63, 3.8) is 0 Å². The summed E-state index contributed by atoms with van der Waals surface area (Å²) in [5, 5.41) is 14.2. The number of carbonyl (C=O) groups is 2. The van der Waals surface area contributed by atoms with Crippen molar-refractivity contribution in [3.05, 3.63) is 63.7 Å².